The smallest absolute Gasteiger partial charge is 0.322 e. The molecule has 6 rings (SSSR count). The number of amides is 2. The zero-order valence-corrected chi connectivity index (χ0v) is 27.4. The number of nitrogens with zero attached hydrogens (tertiary/aromatic N) is 5. The second-order valence-corrected chi connectivity index (χ2v) is 12.1. The highest BCUT2D eigenvalue weighted by Crippen LogP contribution is 2.36. The fourth-order valence-electron chi connectivity index (χ4n) is 6.16. The molecule has 0 spiro atoms. The van der Waals surface area contributed by atoms with E-state index in [0.29, 0.717) is 59.8 Å². The van der Waals surface area contributed by atoms with Gasteiger partial charge in [0.25, 0.3) is 5.56 Å². The Labute approximate surface area is 279 Å². The van der Waals surface area contributed by atoms with Crippen molar-refractivity contribution >= 4 is 34.7 Å². The molecule has 0 atom stereocenters. The monoisotopic (exact) mass is 657 g/mol. The van der Waals surface area contributed by atoms with Gasteiger partial charge in [0.1, 0.15) is 17.2 Å². The third-order valence-electron chi connectivity index (χ3n) is 8.77. The normalized spacial score (nSPS) is 15.7. The van der Waals surface area contributed by atoms with Gasteiger partial charge in [-0.1, -0.05) is 60.1 Å². The number of urea groups is 1. The van der Waals surface area contributed by atoms with Gasteiger partial charge in [-0.15, -0.1) is 0 Å². The van der Waals surface area contributed by atoms with Crippen LogP contribution in [0, 0.1) is 0 Å². The lowest BCUT2D eigenvalue weighted by Crippen LogP contribution is -2.50. The lowest BCUT2D eigenvalue weighted by atomic mass is 10.0. The number of ether oxygens (including phenoxy) is 2. The quantitative estimate of drug-likeness (QED) is 0.249. The standard InChI is InChI=1S/C35H40ClN7O4/c1-46-31-22-32(47-2)29(21-28(31)36)39-35(45)42-19-17-41(18-20-42)30-23-37-43(27-11-7-4-8-12-27)34(44)33(30)38-26-13-15-40(16-14-26)24-25-9-5-3-6-10-25/h3-12,21-23,26,38H,13-20,24H2,1-2H3,(H,39,45). The summed E-state index contributed by atoms with van der Waals surface area (Å²) in [6.07, 6.45) is 3.61. The van der Waals surface area contributed by atoms with Gasteiger partial charge in [-0.3, -0.25) is 9.69 Å². The summed E-state index contributed by atoms with van der Waals surface area (Å²) in [5.74, 6) is 0.907. The van der Waals surface area contributed by atoms with E-state index in [0.717, 1.165) is 38.2 Å². The topological polar surface area (TPSA) is 104 Å². The molecule has 2 aliphatic heterocycles. The van der Waals surface area contributed by atoms with Crippen molar-refractivity contribution in [2.45, 2.75) is 25.4 Å². The fourth-order valence-corrected chi connectivity index (χ4v) is 6.40. The lowest BCUT2D eigenvalue weighted by molar-refractivity contribution is 0.208. The molecule has 2 aliphatic rings. The third kappa shape index (κ3) is 7.47. The van der Waals surface area contributed by atoms with E-state index in [1.807, 2.05) is 36.4 Å². The molecule has 47 heavy (non-hydrogen) atoms. The Balaban J connectivity index is 1.16. The average Bonchev–Trinajstić information content (AvgIpc) is 3.11. The third-order valence-corrected chi connectivity index (χ3v) is 9.06. The minimum Gasteiger partial charge on any atom is -0.495 e. The van der Waals surface area contributed by atoms with Crippen LogP contribution in [0.1, 0.15) is 18.4 Å². The number of hydrogen-bond acceptors (Lipinski definition) is 8. The lowest BCUT2D eigenvalue weighted by Gasteiger charge is -2.37. The van der Waals surface area contributed by atoms with Gasteiger partial charge in [-0.05, 0) is 36.6 Å². The van der Waals surface area contributed by atoms with E-state index in [4.69, 9.17) is 21.1 Å². The first-order valence-corrected chi connectivity index (χ1v) is 16.2. The number of para-hydroxylation sites is 1. The maximum atomic E-state index is 14.0. The molecule has 2 fully saturated rings. The van der Waals surface area contributed by atoms with E-state index in [2.05, 4.69) is 49.8 Å². The van der Waals surface area contributed by atoms with Crippen molar-refractivity contribution in [2.75, 3.05) is 69.0 Å². The van der Waals surface area contributed by atoms with Gasteiger partial charge in [-0.2, -0.15) is 9.78 Å². The molecule has 0 bridgehead atoms. The molecule has 2 N–H and O–H groups in total. The van der Waals surface area contributed by atoms with E-state index >= 15 is 0 Å². The van der Waals surface area contributed by atoms with Crippen LogP contribution >= 0.6 is 11.6 Å². The molecule has 4 aromatic rings. The number of halogens is 1. The average molecular weight is 658 g/mol. The van der Waals surface area contributed by atoms with Gasteiger partial charge < -0.3 is 29.9 Å². The highest BCUT2D eigenvalue weighted by Gasteiger charge is 2.28. The summed E-state index contributed by atoms with van der Waals surface area (Å²) >= 11 is 6.31. The first-order valence-electron chi connectivity index (χ1n) is 15.9. The molecule has 1 aromatic heterocycles. The van der Waals surface area contributed by atoms with E-state index < -0.39 is 0 Å². The van der Waals surface area contributed by atoms with Crippen LogP contribution in [0.4, 0.5) is 21.9 Å². The number of aromatic nitrogens is 2. The summed E-state index contributed by atoms with van der Waals surface area (Å²) in [4.78, 5) is 33.6. The zero-order chi connectivity index (χ0) is 32.8. The Morgan fingerprint density at radius 1 is 0.894 bits per heavy atom. The first-order chi connectivity index (χ1) is 22.9. The van der Waals surface area contributed by atoms with Crippen LogP contribution in [0.3, 0.4) is 0 Å². The highest BCUT2D eigenvalue weighted by atomic mass is 35.5. The number of carbonyl (C=O) groups is 1. The second-order valence-electron chi connectivity index (χ2n) is 11.7. The Morgan fingerprint density at radius 3 is 2.21 bits per heavy atom. The predicted molar refractivity (Wildman–Crippen MR) is 186 cm³/mol. The van der Waals surface area contributed by atoms with Crippen LogP contribution in [0.25, 0.3) is 5.69 Å². The van der Waals surface area contributed by atoms with Gasteiger partial charge in [-0.25, -0.2) is 4.79 Å². The van der Waals surface area contributed by atoms with Crippen molar-refractivity contribution < 1.29 is 14.3 Å². The number of benzene rings is 3. The molecule has 0 saturated carbocycles. The SMILES string of the molecule is COc1cc(OC)c(NC(=O)N2CCN(c3cnn(-c4ccccc4)c(=O)c3NC3CCN(Cc4ccccc4)CC3)CC2)cc1Cl. The van der Waals surface area contributed by atoms with Crippen LogP contribution in [0.5, 0.6) is 11.5 Å². The fraction of sp³-hybridized carbons (Fsp3) is 0.343. The van der Waals surface area contributed by atoms with Crippen molar-refractivity contribution in [1.82, 2.24) is 19.6 Å². The molecule has 12 heteroatoms. The van der Waals surface area contributed by atoms with E-state index in [1.165, 1.54) is 24.5 Å². The molecule has 0 unspecified atom stereocenters. The molecule has 0 radical (unpaired) electrons. The number of rotatable bonds is 9. The van der Waals surface area contributed by atoms with Crippen LogP contribution in [0.15, 0.2) is 83.8 Å². The van der Waals surface area contributed by atoms with Crippen LogP contribution < -0.4 is 30.6 Å². The first kappa shape index (κ1) is 32.2. The summed E-state index contributed by atoms with van der Waals surface area (Å²) in [5.41, 5.74) is 3.57. The van der Waals surface area contributed by atoms with Crippen molar-refractivity contribution in [2.24, 2.45) is 0 Å². The Morgan fingerprint density at radius 2 is 1.55 bits per heavy atom. The summed E-state index contributed by atoms with van der Waals surface area (Å²) in [7, 11) is 3.05. The van der Waals surface area contributed by atoms with Gasteiger partial charge in [0.05, 0.1) is 42.5 Å². The van der Waals surface area contributed by atoms with Crippen LogP contribution in [0.2, 0.25) is 5.02 Å². The summed E-state index contributed by atoms with van der Waals surface area (Å²) in [5, 5.41) is 11.5. The Bertz CT molecular complexity index is 1720. The maximum absolute atomic E-state index is 14.0. The van der Waals surface area contributed by atoms with Crippen LogP contribution in [-0.4, -0.2) is 85.1 Å². The molecule has 11 nitrogen and oxygen atoms in total. The van der Waals surface area contributed by atoms with Crippen molar-refractivity contribution in [3.05, 3.63) is 99.9 Å². The van der Waals surface area contributed by atoms with Crippen LogP contribution in [-0.2, 0) is 6.54 Å². The molecule has 246 valence electrons. The number of carbonyl (C=O) groups excluding carboxylic acids is 1. The predicted octanol–water partition coefficient (Wildman–Crippen LogP) is 5.33. The molecular weight excluding hydrogens is 618 g/mol. The summed E-state index contributed by atoms with van der Waals surface area (Å²) in [6, 6.07) is 23.1. The van der Waals surface area contributed by atoms with E-state index in [9.17, 15) is 9.59 Å². The largest absolute Gasteiger partial charge is 0.495 e. The number of piperidine rings is 1. The Kier molecular flexibility index (Phi) is 10.1. The molecule has 2 amide bonds. The number of nitrogens with one attached hydrogen (secondary N) is 2. The summed E-state index contributed by atoms with van der Waals surface area (Å²) in [6.45, 7) is 4.79. The van der Waals surface area contributed by atoms with Gasteiger partial charge in [0, 0.05) is 57.9 Å². The molecule has 3 aromatic carbocycles. The number of likely N-dealkylation sites (tertiary alicyclic amines) is 1. The molecule has 0 aliphatic carbocycles. The molecule has 2 saturated heterocycles. The minimum absolute atomic E-state index is 0.151. The minimum atomic E-state index is -0.262. The second kappa shape index (κ2) is 14.8. The number of hydrogen-bond donors (Lipinski definition) is 2. The maximum Gasteiger partial charge on any atom is 0.322 e. The molecular formula is C35H40ClN7O4. The summed E-state index contributed by atoms with van der Waals surface area (Å²) < 4.78 is 12.2. The van der Waals surface area contributed by atoms with Crippen molar-refractivity contribution in [3.63, 3.8) is 0 Å². The van der Waals surface area contributed by atoms with E-state index in [1.54, 1.807) is 23.2 Å². The van der Waals surface area contributed by atoms with Gasteiger partial charge in [0.2, 0.25) is 0 Å². The molecule has 3 heterocycles. The number of anilines is 3. The number of piperazine rings is 1. The Hall–Kier alpha value is -4.74. The van der Waals surface area contributed by atoms with E-state index in [-0.39, 0.29) is 17.6 Å². The highest BCUT2D eigenvalue weighted by molar-refractivity contribution is 6.32. The van der Waals surface area contributed by atoms with Gasteiger partial charge >= 0.3 is 6.03 Å². The van der Waals surface area contributed by atoms with Crippen molar-refractivity contribution in [1.29, 1.82) is 0 Å². The van der Waals surface area contributed by atoms with Gasteiger partial charge in [0.15, 0.2) is 0 Å². The zero-order valence-electron chi connectivity index (χ0n) is 26.7. The number of methoxy groups -OCH3 is 2. The van der Waals surface area contributed by atoms with Crippen molar-refractivity contribution in [3.8, 4) is 17.2 Å².